The molecule has 4 heterocycles. The molecule has 1 aromatic carbocycles. The lowest BCUT2D eigenvalue weighted by Crippen LogP contribution is -2.52. The highest BCUT2D eigenvalue weighted by Crippen LogP contribution is 2.29. The van der Waals surface area contributed by atoms with E-state index in [1.54, 1.807) is 7.11 Å². The van der Waals surface area contributed by atoms with Crippen molar-refractivity contribution < 1.29 is 14.0 Å². The topological polar surface area (TPSA) is 81.7 Å². The van der Waals surface area contributed by atoms with Crippen LogP contribution in [0, 0.1) is 13.8 Å². The molecule has 5 rings (SSSR count). The summed E-state index contributed by atoms with van der Waals surface area (Å²) in [5.41, 5.74) is 5.80. The Morgan fingerprint density at radius 1 is 1.08 bits per heavy atom. The number of morpholine rings is 1. The highest BCUT2D eigenvalue weighted by atomic mass is 16.5. The predicted molar refractivity (Wildman–Crippen MR) is 142 cm³/mol. The highest BCUT2D eigenvalue weighted by molar-refractivity contribution is 5.80. The summed E-state index contributed by atoms with van der Waals surface area (Å²) in [5.74, 6) is 2.66. The molecule has 0 unspecified atom stereocenters. The Morgan fingerprint density at radius 2 is 1.81 bits per heavy atom. The Labute approximate surface area is 218 Å². The van der Waals surface area contributed by atoms with E-state index >= 15 is 0 Å². The molecule has 0 spiro atoms. The van der Waals surface area contributed by atoms with Gasteiger partial charge in [0, 0.05) is 43.9 Å². The van der Waals surface area contributed by atoms with E-state index < -0.39 is 0 Å². The number of methoxy groups -OCH3 is 1. The van der Waals surface area contributed by atoms with Crippen molar-refractivity contribution in [3.63, 3.8) is 0 Å². The molecule has 9 nitrogen and oxygen atoms in total. The molecule has 0 bridgehead atoms. The number of benzene rings is 1. The Kier molecular flexibility index (Phi) is 7.28. The summed E-state index contributed by atoms with van der Waals surface area (Å²) in [5, 5.41) is 8.73. The third-order valence-electron chi connectivity index (χ3n) is 7.01. The number of hydrogen-bond acceptors (Lipinski definition) is 8. The van der Waals surface area contributed by atoms with E-state index in [0.717, 1.165) is 71.3 Å². The first-order valence-electron chi connectivity index (χ1n) is 12.8. The van der Waals surface area contributed by atoms with Crippen LogP contribution in [-0.4, -0.2) is 69.2 Å². The van der Waals surface area contributed by atoms with Crippen LogP contribution >= 0.6 is 0 Å². The van der Waals surface area contributed by atoms with E-state index in [1.165, 1.54) is 5.56 Å². The van der Waals surface area contributed by atoms with Gasteiger partial charge in [0.15, 0.2) is 5.65 Å². The van der Waals surface area contributed by atoms with E-state index in [1.807, 2.05) is 32.2 Å². The third kappa shape index (κ3) is 5.39. The average molecular weight is 505 g/mol. The van der Waals surface area contributed by atoms with Crippen molar-refractivity contribution in [2.24, 2.45) is 0 Å². The van der Waals surface area contributed by atoms with E-state index in [2.05, 4.69) is 58.8 Å². The van der Waals surface area contributed by atoms with Gasteiger partial charge in [0.05, 0.1) is 31.7 Å². The van der Waals surface area contributed by atoms with Crippen molar-refractivity contribution in [2.45, 2.75) is 59.4 Å². The molecule has 1 aliphatic heterocycles. The maximum absolute atomic E-state index is 5.95. The number of fused-ring (bicyclic) bond motifs is 1. The molecule has 0 amide bonds. The number of nitrogens with zero attached hydrogens (tertiary/aromatic N) is 6. The van der Waals surface area contributed by atoms with Gasteiger partial charge in [-0.15, -0.1) is 0 Å². The van der Waals surface area contributed by atoms with Crippen LogP contribution in [0.2, 0.25) is 0 Å². The zero-order chi connectivity index (χ0) is 26.1. The Hall–Kier alpha value is -3.27. The second kappa shape index (κ2) is 10.6. The number of hydrazine groups is 1. The summed E-state index contributed by atoms with van der Waals surface area (Å²) in [7, 11) is 3.82. The van der Waals surface area contributed by atoms with Gasteiger partial charge in [0.2, 0.25) is 0 Å². The number of ether oxygens (including phenoxy) is 2. The molecule has 0 saturated carbocycles. The van der Waals surface area contributed by atoms with E-state index in [9.17, 15) is 0 Å². The van der Waals surface area contributed by atoms with Crippen LogP contribution < -0.4 is 4.74 Å². The zero-order valence-corrected chi connectivity index (χ0v) is 22.6. The third-order valence-corrected chi connectivity index (χ3v) is 7.01. The lowest BCUT2D eigenvalue weighted by atomic mass is 10.1. The van der Waals surface area contributed by atoms with Crippen LogP contribution in [0.3, 0.4) is 0 Å². The van der Waals surface area contributed by atoms with Gasteiger partial charge in [-0.2, -0.15) is 0 Å². The largest absolute Gasteiger partial charge is 0.497 e. The molecule has 1 saturated heterocycles. The van der Waals surface area contributed by atoms with Crippen LogP contribution in [0.25, 0.3) is 22.3 Å². The van der Waals surface area contributed by atoms with Crippen molar-refractivity contribution in [2.75, 3.05) is 27.2 Å². The fourth-order valence-electron chi connectivity index (χ4n) is 5.20. The quantitative estimate of drug-likeness (QED) is 0.349. The van der Waals surface area contributed by atoms with Gasteiger partial charge in [-0.3, -0.25) is 4.57 Å². The predicted octanol–water partition coefficient (Wildman–Crippen LogP) is 4.41. The molecule has 2 atom stereocenters. The summed E-state index contributed by atoms with van der Waals surface area (Å²) in [6.07, 6.45) is 3.96. The Morgan fingerprint density at radius 3 is 2.46 bits per heavy atom. The molecule has 0 radical (unpaired) electrons. The summed E-state index contributed by atoms with van der Waals surface area (Å²) in [6.45, 7) is 10.5. The first-order valence-corrected chi connectivity index (χ1v) is 12.8. The van der Waals surface area contributed by atoms with Gasteiger partial charge in [0.25, 0.3) is 0 Å². The Bertz CT molecular complexity index is 1330. The van der Waals surface area contributed by atoms with Crippen LogP contribution in [0.5, 0.6) is 5.75 Å². The summed E-state index contributed by atoms with van der Waals surface area (Å²) < 4.78 is 18.9. The zero-order valence-electron chi connectivity index (χ0n) is 22.6. The van der Waals surface area contributed by atoms with Crippen LogP contribution in [0.15, 0.2) is 41.1 Å². The normalized spacial score (nSPS) is 18.7. The van der Waals surface area contributed by atoms with Crippen molar-refractivity contribution >= 4 is 11.2 Å². The van der Waals surface area contributed by atoms with Crippen molar-refractivity contribution in [1.29, 1.82) is 0 Å². The second-order valence-corrected chi connectivity index (χ2v) is 10.00. The number of aromatic nitrogens is 4. The molecule has 1 fully saturated rings. The van der Waals surface area contributed by atoms with E-state index in [4.69, 9.17) is 24.0 Å². The molecule has 4 aromatic rings. The minimum absolute atomic E-state index is 0.191. The van der Waals surface area contributed by atoms with Gasteiger partial charge < -0.3 is 14.0 Å². The fourth-order valence-corrected chi connectivity index (χ4v) is 5.20. The number of imidazole rings is 1. The molecule has 3 aromatic heterocycles. The molecule has 0 aliphatic carbocycles. The molecular formula is C28H36N6O3. The van der Waals surface area contributed by atoms with Gasteiger partial charge in [-0.1, -0.05) is 17.3 Å². The van der Waals surface area contributed by atoms with Crippen LogP contribution in [0.1, 0.15) is 36.7 Å². The fraction of sp³-hybridized carbons (Fsp3) is 0.464. The molecular weight excluding hydrogens is 468 g/mol. The molecule has 1 aliphatic rings. The average Bonchev–Trinajstić information content (AvgIpc) is 3.40. The highest BCUT2D eigenvalue weighted by Gasteiger charge is 2.26. The lowest BCUT2D eigenvalue weighted by molar-refractivity contribution is -0.147. The van der Waals surface area contributed by atoms with Gasteiger partial charge >= 0.3 is 0 Å². The Balaban J connectivity index is 1.47. The SMILES string of the molecule is COc1ccc(CCc2nc3cc(-c4c(C)noc4C)cnc3n2CN(C)N2C[C@@H](C)O[C@@H](C)C2)cc1. The summed E-state index contributed by atoms with van der Waals surface area (Å²) in [4.78, 5) is 9.96. The van der Waals surface area contributed by atoms with Gasteiger partial charge in [-0.05, 0) is 57.9 Å². The van der Waals surface area contributed by atoms with Crippen molar-refractivity contribution in [3.8, 4) is 16.9 Å². The summed E-state index contributed by atoms with van der Waals surface area (Å²) in [6, 6.07) is 10.3. The number of rotatable bonds is 8. The molecule has 0 N–H and O–H groups in total. The second-order valence-electron chi connectivity index (χ2n) is 10.00. The maximum Gasteiger partial charge on any atom is 0.161 e. The van der Waals surface area contributed by atoms with Crippen molar-refractivity contribution in [1.82, 2.24) is 29.7 Å². The minimum atomic E-state index is 0.191. The first-order chi connectivity index (χ1) is 17.8. The molecule has 196 valence electrons. The van der Waals surface area contributed by atoms with Crippen LogP contribution in [0.4, 0.5) is 0 Å². The lowest BCUT2D eigenvalue weighted by Gasteiger charge is -2.40. The number of aryl methyl sites for hydroxylation is 4. The van der Waals surface area contributed by atoms with E-state index in [0.29, 0.717) is 6.67 Å². The maximum atomic E-state index is 5.95. The van der Waals surface area contributed by atoms with Crippen LogP contribution in [-0.2, 0) is 24.2 Å². The summed E-state index contributed by atoms with van der Waals surface area (Å²) >= 11 is 0. The number of hydrogen-bond donors (Lipinski definition) is 0. The number of pyridine rings is 1. The standard InChI is InChI=1S/C28H36N6O3/c1-18-15-33(16-19(2)36-18)32(5)17-34-26(12-9-22-7-10-24(35-6)11-8-22)30-25-13-23(14-29-28(25)34)27-20(3)31-37-21(27)4/h7-8,10-11,13-14,18-19H,9,12,15-17H2,1-6H3/t18-,19+. The van der Waals surface area contributed by atoms with Crippen molar-refractivity contribution in [3.05, 3.63) is 59.4 Å². The van der Waals surface area contributed by atoms with Gasteiger partial charge in [0.1, 0.15) is 22.9 Å². The minimum Gasteiger partial charge on any atom is -0.497 e. The first kappa shape index (κ1) is 25.4. The molecule has 9 heteroatoms. The molecule has 37 heavy (non-hydrogen) atoms. The monoisotopic (exact) mass is 504 g/mol. The smallest absolute Gasteiger partial charge is 0.161 e. The van der Waals surface area contributed by atoms with E-state index in [-0.39, 0.29) is 12.2 Å². The van der Waals surface area contributed by atoms with Gasteiger partial charge in [-0.25, -0.2) is 20.0 Å².